The summed E-state index contributed by atoms with van der Waals surface area (Å²) in [6.07, 6.45) is 3.96. The molecule has 1 N–H and O–H groups in total. The Balaban J connectivity index is 1.92. The van der Waals surface area contributed by atoms with Gasteiger partial charge in [-0.1, -0.05) is 30.1 Å². The summed E-state index contributed by atoms with van der Waals surface area (Å²) in [5, 5.41) is 7.49. The van der Waals surface area contributed by atoms with E-state index in [9.17, 15) is 9.59 Å². The molecule has 2 aromatic rings. The second kappa shape index (κ2) is 9.39. The van der Waals surface area contributed by atoms with Crippen molar-refractivity contribution in [3.05, 3.63) is 40.9 Å². The summed E-state index contributed by atoms with van der Waals surface area (Å²) >= 11 is 11.9. The number of hydrogen-bond donors (Lipinski definition) is 1. The first-order valence-corrected chi connectivity index (χ1v) is 8.60. The SMILES string of the molecule is CCCN(CC(=O)Nc1ccc(Cl)cc1Cl)C(=O)CCn1cncn1. The van der Waals surface area contributed by atoms with Crippen LogP contribution in [0.5, 0.6) is 0 Å². The number of hydrogen-bond acceptors (Lipinski definition) is 4. The summed E-state index contributed by atoms with van der Waals surface area (Å²) in [4.78, 5) is 30.0. The average Bonchev–Trinajstić information content (AvgIpc) is 3.08. The van der Waals surface area contributed by atoms with E-state index in [1.54, 1.807) is 29.2 Å². The van der Waals surface area contributed by atoms with Gasteiger partial charge in [0.1, 0.15) is 12.7 Å². The van der Waals surface area contributed by atoms with Crippen LogP contribution in [0.2, 0.25) is 10.0 Å². The molecule has 7 nitrogen and oxygen atoms in total. The summed E-state index contributed by atoms with van der Waals surface area (Å²) in [6, 6.07) is 4.81. The van der Waals surface area contributed by atoms with E-state index in [-0.39, 0.29) is 24.8 Å². The Kier molecular flexibility index (Phi) is 7.21. The zero-order valence-electron chi connectivity index (χ0n) is 13.8. The predicted molar refractivity (Wildman–Crippen MR) is 96.6 cm³/mol. The molecule has 0 aliphatic carbocycles. The third-order valence-electron chi connectivity index (χ3n) is 3.41. The lowest BCUT2D eigenvalue weighted by atomic mass is 10.3. The molecule has 0 saturated heterocycles. The van der Waals surface area contributed by atoms with Crippen LogP contribution in [0.3, 0.4) is 0 Å². The highest BCUT2D eigenvalue weighted by molar-refractivity contribution is 6.36. The number of nitrogens with zero attached hydrogens (tertiary/aromatic N) is 4. The normalized spacial score (nSPS) is 10.5. The van der Waals surface area contributed by atoms with E-state index in [0.717, 1.165) is 6.42 Å². The summed E-state index contributed by atoms with van der Waals surface area (Å²) < 4.78 is 1.58. The molecule has 134 valence electrons. The molecule has 0 spiro atoms. The molecular weight excluding hydrogens is 365 g/mol. The van der Waals surface area contributed by atoms with Crippen molar-refractivity contribution in [3.63, 3.8) is 0 Å². The third-order valence-corrected chi connectivity index (χ3v) is 3.96. The minimum Gasteiger partial charge on any atom is -0.333 e. The van der Waals surface area contributed by atoms with Gasteiger partial charge in [0.25, 0.3) is 0 Å². The van der Waals surface area contributed by atoms with Crippen molar-refractivity contribution < 1.29 is 9.59 Å². The molecule has 1 aromatic heterocycles. The molecule has 2 amide bonds. The Hall–Kier alpha value is -2.12. The van der Waals surface area contributed by atoms with Gasteiger partial charge in [0.2, 0.25) is 11.8 Å². The lowest BCUT2D eigenvalue weighted by molar-refractivity contribution is -0.135. The molecule has 0 bridgehead atoms. The number of halogens is 2. The Morgan fingerprint density at radius 3 is 2.76 bits per heavy atom. The van der Waals surface area contributed by atoms with E-state index < -0.39 is 0 Å². The Morgan fingerprint density at radius 1 is 1.32 bits per heavy atom. The van der Waals surface area contributed by atoms with Crippen LogP contribution in [0, 0.1) is 0 Å². The van der Waals surface area contributed by atoms with E-state index in [2.05, 4.69) is 15.4 Å². The number of aryl methyl sites for hydroxylation is 1. The zero-order chi connectivity index (χ0) is 18.2. The van der Waals surface area contributed by atoms with Crippen LogP contribution in [0.1, 0.15) is 19.8 Å². The molecule has 0 aliphatic rings. The first kappa shape index (κ1) is 19.2. The third kappa shape index (κ3) is 6.03. The van der Waals surface area contributed by atoms with Crippen LogP contribution in [0.4, 0.5) is 5.69 Å². The molecule has 0 unspecified atom stereocenters. The Bertz CT molecular complexity index is 721. The van der Waals surface area contributed by atoms with Gasteiger partial charge in [0, 0.05) is 18.0 Å². The monoisotopic (exact) mass is 383 g/mol. The van der Waals surface area contributed by atoms with Gasteiger partial charge in [0.15, 0.2) is 0 Å². The van der Waals surface area contributed by atoms with Crippen molar-refractivity contribution in [1.29, 1.82) is 0 Å². The smallest absolute Gasteiger partial charge is 0.244 e. The topological polar surface area (TPSA) is 80.1 Å². The largest absolute Gasteiger partial charge is 0.333 e. The first-order chi connectivity index (χ1) is 12.0. The summed E-state index contributed by atoms with van der Waals surface area (Å²) in [5.41, 5.74) is 0.461. The molecule has 0 radical (unpaired) electrons. The number of anilines is 1. The van der Waals surface area contributed by atoms with Crippen molar-refractivity contribution in [2.75, 3.05) is 18.4 Å². The van der Waals surface area contributed by atoms with Crippen LogP contribution in [0.25, 0.3) is 0 Å². The fraction of sp³-hybridized carbons (Fsp3) is 0.375. The van der Waals surface area contributed by atoms with Crippen LogP contribution < -0.4 is 5.32 Å². The van der Waals surface area contributed by atoms with Crippen LogP contribution >= 0.6 is 23.2 Å². The van der Waals surface area contributed by atoms with E-state index in [0.29, 0.717) is 28.8 Å². The number of rotatable bonds is 8. The lowest BCUT2D eigenvalue weighted by Gasteiger charge is -2.21. The van der Waals surface area contributed by atoms with Crippen LogP contribution in [-0.2, 0) is 16.1 Å². The van der Waals surface area contributed by atoms with E-state index in [4.69, 9.17) is 23.2 Å². The summed E-state index contributed by atoms with van der Waals surface area (Å²) in [6.45, 7) is 2.83. The fourth-order valence-corrected chi connectivity index (χ4v) is 2.69. The lowest BCUT2D eigenvalue weighted by Crippen LogP contribution is -2.38. The standard InChI is InChI=1S/C16H19Cl2N5O2/c1-2-6-22(16(25)5-7-23-11-19-10-20-23)9-15(24)21-14-4-3-12(17)8-13(14)18/h3-4,8,10-11H,2,5-7,9H2,1H3,(H,21,24). The number of carbonyl (C=O) groups excluding carboxylic acids is 2. The van der Waals surface area contributed by atoms with Crippen molar-refractivity contribution in [3.8, 4) is 0 Å². The second-order valence-electron chi connectivity index (χ2n) is 5.40. The van der Waals surface area contributed by atoms with E-state index >= 15 is 0 Å². The molecule has 0 saturated carbocycles. The van der Waals surface area contributed by atoms with Gasteiger partial charge in [-0.15, -0.1) is 0 Å². The molecule has 1 heterocycles. The number of benzene rings is 1. The van der Waals surface area contributed by atoms with Gasteiger partial charge in [-0.25, -0.2) is 4.98 Å². The quantitative estimate of drug-likeness (QED) is 0.759. The second-order valence-corrected chi connectivity index (χ2v) is 6.24. The van der Waals surface area contributed by atoms with Gasteiger partial charge in [0.05, 0.1) is 23.8 Å². The van der Waals surface area contributed by atoms with Gasteiger partial charge in [-0.05, 0) is 24.6 Å². The van der Waals surface area contributed by atoms with Crippen molar-refractivity contribution in [1.82, 2.24) is 19.7 Å². The minimum atomic E-state index is -0.313. The Labute approximate surface area is 155 Å². The maximum atomic E-state index is 12.4. The van der Waals surface area contributed by atoms with Crippen LogP contribution in [0.15, 0.2) is 30.9 Å². The van der Waals surface area contributed by atoms with Gasteiger partial charge in [-0.3, -0.25) is 14.3 Å². The summed E-state index contributed by atoms with van der Waals surface area (Å²) in [7, 11) is 0. The van der Waals surface area contributed by atoms with Gasteiger partial charge in [-0.2, -0.15) is 5.10 Å². The van der Waals surface area contributed by atoms with E-state index in [1.807, 2.05) is 6.92 Å². The average molecular weight is 384 g/mol. The van der Waals surface area contributed by atoms with Gasteiger partial charge < -0.3 is 10.2 Å². The Morgan fingerprint density at radius 2 is 2.12 bits per heavy atom. The number of carbonyl (C=O) groups is 2. The summed E-state index contributed by atoms with van der Waals surface area (Å²) in [5.74, 6) is -0.429. The highest BCUT2D eigenvalue weighted by atomic mass is 35.5. The van der Waals surface area contributed by atoms with E-state index in [1.165, 1.54) is 11.2 Å². The van der Waals surface area contributed by atoms with Crippen molar-refractivity contribution in [2.45, 2.75) is 26.3 Å². The van der Waals surface area contributed by atoms with Gasteiger partial charge >= 0.3 is 0 Å². The molecular formula is C16H19Cl2N5O2. The maximum Gasteiger partial charge on any atom is 0.244 e. The predicted octanol–water partition coefficient (Wildman–Crippen LogP) is 2.85. The molecule has 0 atom stereocenters. The van der Waals surface area contributed by atoms with Crippen molar-refractivity contribution in [2.24, 2.45) is 0 Å². The highest BCUT2D eigenvalue weighted by Crippen LogP contribution is 2.25. The number of aromatic nitrogens is 3. The minimum absolute atomic E-state index is 0.0387. The fourth-order valence-electron chi connectivity index (χ4n) is 2.23. The molecule has 0 aliphatic heterocycles. The molecule has 1 aromatic carbocycles. The number of amides is 2. The maximum absolute atomic E-state index is 12.4. The molecule has 9 heteroatoms. The highest BCUT2D eigenvalue weighted by Gasteiger charge is 2.17. The molecule has 25 heavy (non-hydrogen) atoms. The van der Waals surface area contributed by atoms with Crippen molar-refractivity contribution >= 4 is 40.7 Å². The first-order valence-electron chi connectivity index (χ1n) is 7.84. The number of nitrogens with one attached hydrogen (secondary N) is 1. The van der Waals surface area contributed by atoms with Crippen LogP contribution in [-0.4, -0.2) is 44.6 Å². The zero-order valence-corrected chi connectivity index (χ0v) is 15.3. The molecule has 0 fully saturated rings. The molecule has 2 rings (SSSR count).